The van der Waals surface area contributed by atoms with Gasteiger partial charge in [0.1, 0.15) is 23.5 Å². The van der Waals surface area contributed by atoms with E-state index in [1.54, 1.807) is 24.8 Å². The standard InChI is InChI=1S/C35H45FN6O3/c1-35(2,3)45-34(43)40-27-11-6-24(7-12-27)14-16-41-17-19-42(20-18-41)33-31(22-37-23-39-33)44-30-13-10-26(36)21-29(30)28-5-4-15-38-32(28)25-8-9-25/h4-5,10,13,15,21-25,27H,6-9,11-12,14,16-20H2,1-3H3,(H,40,43)/t24-,27-. The highest BCUT2D eigenvalue weighted by atomic mass is 19.1. The highest BCUT2D eigenvalue weighted by Gasteiger charge is 2.30. The van der Waals surface area contributed by atoms with E-state index in [4.69, 9.17) is 9.47 Å². The van der Waals surface area contributed by atoms with Crippen molar-refractivity contribution in [1.82, 2.24) is 25.2 Å². The molecule has 0 unspecified atom stereocenters. The van der Waals surface area contributed by atoms with Crippen molar-refractivity contribution in [2.45, 2.75) is 83.3 Å². The number of carbonyl (C=O) groups is 1. The molecule has 3 fully saturated rings. The summed E-state index contributed by atoms with van der Waals surface area (Å²) in [7, 11) is 0. The number of hydrogen-bond acceptors (Lipinski definition) is 8. The number of alkyl carbamates (subject to hydrolysis) is 1. The third-order valence-electron chi connectivity index (χ3n) is 9.01. The van der Waals surface area contributed by atoms with Crippen LogP contribution in [0.1, 0.15) is 77.3 Å². The van der Waals surface area contributed by atoms with Crippen LogP contribution >= 0.6 is 0 Å². The lowest BCUT2D eigenvalue weighted by molar-refractivity contribution is 0.0485. The normalized spacial score (nSPS) is 20.9. The number of carbonyl (C=O) groups excluding carboxylic acids is 1. The quantitative estimate of drug-likeness (QED) is 0.276. The molecule has 9 nitrogen and oxygen atoms in total. The molecular formula is C35H45FN6O3. The SMILES string of the molecule is CC(C)(C)OC(=O)N[C@H]1CC[C@H](CCN2CCN(c3ncncc3Oc3ccc(F)cc3-c3cccnc3C3CC3)CC2)CC1. The molecule has 1 aliphatic heterocycles. The average Bonchev–Trinajstić information content (AvgIpc) is 3.87. The first kappa shape index (κ1) is 31.2. The minimum atomic E-state index is -0.473. The van der Waals surface area contributed by atoms with Crippen molar-refractivity contribution in [2.75, 3.05) is 37.6 Å². The van der Waals surface area contributed by atoms with Gasteiger partial charge in [-0.2, -0.15) is 0 Å². The predicted octanol–water partition coefficient (Wildman–Crippen LogP) is 6.94. The van der Waals surface area contributed by atoms with Crippen LogP contribution in [0.15, 0.2) is 49.1 Å². The van der Waals surface area contributed by atoms with Gasteiger partial charge in [0.2, 0.25) is 0 Å². The Hall–Kier alpha value is -3.79. The molecule has 1 amide bonds. The van der Waals surface area contributed by atoms with E-state index in [0.717, 1.165) is 88.3 Å². The number of halogens is 1. The lowest BCUT2D eigenvalue weighted by Gasteiger charge is -2.37. The molecule has 3 aliphatic rings. The fourth-order valence-electron chi connectivity index (χ4n) is 6.49. The molecule has 1 aromatic carbocycles. The fourth-order valence-corrected chi connectivity index (χ4v) is 6.49. The maximum absolute atomic E-state index is 14.5. The third kappa shape index (κ3) is 8.28. The van der Waals surface area contributed by atoms with Crippen LogP contribution in [0.5, 0.6) is 11.5 Å². The van der Waals surface area contributed by atoms with Gasteiger partial charge in [-0.15, -0.1) is 0 Å². The van der Waals surface area contributed by atoms with Crippen molar-refractivity contribution in [3.63, 3.8) is 0 Å². The number of piperazine rings is 1. The molecular weight excluding hydrogens is 571 g/mol. The zero-order chi connectivity index (χ0) is 31.4. The monoisotopic (exact) mass is 616 g/mol. The summed E-state index contributed by atoms with van der Waals surface area (Å²) in [5, 5.41) is 3.05. The highest BCUT2D eigenvalue weighted by molar-refractivity contribution is 5.74. The summed E-state index contributed by atoms with van der Waals surface area (Å²) >= 11 is 0. The third-order valence-corrected chi connectivity index (χ3v) is 9.01. The van der Waals surface area contributed by atoms with Gasteiger partial charge in [-0.1, -0.05) is 6.07 Å². The zero-order valence-electron chi connectivity index (χ0n) is 26.7. The Morgan fingerprint density at radius 3 is 2.49 bits per heavy atom. The van der Waals surface area contributed by atoms with Gasteiger partial charge >= 0.3 is 6.09 Å². The molecule has 3 heterocycles. The van der Waals surface area contributed by atoms with Crippen molar-refractivity contribution >= 4 is 11.9 Å². The second kappa shape index (κ2) is 13.7. The molecule has 0 atom stereocenters. The summed E-state index contributed by atoms with van der Waals surface area (Å²) < 4.78 is 26.4. The molecule has 6 rings (SSSR count). The smallest absolute Gasteiger partial charge is 0.407 e. The Kier molecular flexibility index (Phi) is 9.49. The first-order valence-electron chi connectivity index (χ1n) is 16.4. The van der Waals surface area contributed by atoms with E-state index in [1.165, 1.54) is 18.6 Å². The molecule has 10 heteroatoms. The highest BCUT2D eigenvalue weighted by Crippen LogP contribution is 2.46. The summed E-state index contributed by atoms with van der Waals surface area (Å²) in [6.07, 6.45) is 12.4. The number of aromatic nitrogens is 3. The van der Waals surface area contributed by atoms with Crippen LogP contribution in [0.3, 0.4) is 0 Å². The fraction of sp³-hybridized carbons (Fsp3) is 0.543. The van der Waals surface area contributed by atoms with Crippen LogP contribution < -0.4 is 15.0 Å². The Balaban J connectivity index is 1.02. The van der Waals surface area contributed by atoms with Gasteiger partial charge in [-0.25, -0.2) is 19.2 Å². The molecule has 0 spiro atoms. The van der Waals surface area contributed by atoms with E-state index in [0.29, 0.717) is 28.9 Å². The molecule has 3 aromatic rings. The Morgan fingerprint density at radius 1 is 0.978 bits per heavy atom. The molecule has 0 radical (unpaired) electrons. The van der Waals surface area contributed by atoms with Gasteiger partial charge in [0.25, 0.3) is 0 Å². The maximum Gasteiger partial charge on any atom is 0.407 e. The second-order valence-electron chi connectivity index (χ2n) is 13.6. The van der Waals surface area contributed by atoms with Crippen LogP contribution in [-0.4, -0.2) is 70.3 Å². The molecule has 1 saturated heterocycles. The molecule has 2 saturated carbocycles. The van der Waals surface area contributed by atoms with Crippen LogP contribution in [0.4, 0.5) is 15.0 Å². The van der Waals surface area contributed by atoms with Crippen LogP contribution in [0, 0.1) is 11.7 Å². The molecule has 45 heavy (non-hydrogen) atoms. The minimum absolute atomic E-state index is 0.208. The van der Waals surface area contributed by atoms with Crippen molar-refractivity contribution < 1.29 is 18.7 Å². The summed E-state index contributed by atoms with van der Waals surface area (Å²) in [6.45, 7) is 10.3. The van der Waals surface area contributed by atoms with Gasteiger partial charge in [0, 0.05) is 55.5 Å². The van der Waals surface area contributed by atoms with Gasteiger partial charge in [0.05, 0.1) is 11.9 Å². The number of amides is 1. The number of benzene rings is 1. The van der Waals surface area contributed by atoms with Crippen molar-refractivity contribution in [1.29, 1.82) is 0 Å². The number of nitrogens with zero attached hydrogens (tertiary/aromatic N) is 5. The van der Waals surface area contributed by atoms with Crippen LogP contribution in [-0.2, 0) is 4.74 Å². The molecule has 2 aromatic heterocycles. The second-order valence-corrected chi connectivity index (χ2v) is 13.6. The Morgan fingerprint density at radius 2 is 1.76 bits per heavy atom. The summed E-state index contributed by atoms with van der Waals surface area (Å²) in [4.78, 5) is 30.4. The van der Waals surface area contributed by atoms with E-state index in [1.807, 2.05) is 32.9 Å². The van der Waals surface area contributed by atoms with E-state index in [2.05, 4.69) is 30.1 Å². The summed E-state index contributed by atoms with van der Waals surface area (Å²) in [6, 6.07) is 8.74. The Bertz CT molecular complexity index is 1460. The van der Waals surface area contributed by atoms with E-state index < -0.39 is 5.60 Å². The average molecular weight is 617 g/mol. The van der Waals surface area contributed by atoms with Gasteiger partial charge in [-0.05, 0) is 102 Å². The molecule has 240 valence electrons. The molecule has 0 bridgehead atoms. The molecule has 1 N–H and O–H groups in total. The zero-order valence-corrected chi connectivity index (χ0v) is 26.7. The van der Waals surface area contributed by atoms with Crippen molar-refractivity contribution in [2.24, 2.45) is 5.92 Å². The number of nitrogens with one attached hydrogen (secondary N) is 1. The first-order chi connectivity index (χ1) is 21.7. The van der Waals surface area contributed by atoms with Crippen molar-refractivity contribution in [3.8, 4) is 22.6 Å². The maximum atomic E-state index is 14.5. The number of hydrogen-bond donors (Lipinski definition) is 1. The number of pyridine rings is 1. The van der Waals surface area contributed by atoms with Gasteiger partial charge in [-0.3, -0.25) is 9.88 Å². The molecule has 2 aliphatic carbocycles. The predicted molar refractivity (Wildman–Crippen MR) is 172 cm³/mol. The largest absolute Gasteiger partial charge is 0.451 e. The summed E-state index contributed by atoms with van der Waals surface area (Å²) in [5.41, 5.74) is 2.13. The van der Waals surface area contributed by atoms with Gasteiger partial charge < -0.3 is 19.7 Å². The topological polar surface area (TPSA) is 92.7 Å². The van der Waals surface area contributed by atoms with Gasteiger partial charge in [0.15, 0.2) is 11.6 Å². The lowest BCUT2D eigenvalue weighted by Crippen LogP contribution is -2.47. The van der Waals surface area contributed by atoms with E-state index in [9.17, 15) is 9.18 Å². The van der Waals surface area contributed by atoms with Crippen LogP contribution in [0.2, 0.25) is 0 Å². The number of anilines is 1. The summed E-state index contributed by atoms with van der Waals surface area (Å²) in [5.74, 6) is 2.68. The van der Waals surface area contributed by atoms with E-state index >= 15 is 0 Å². The number of rotatable bonds is 9. The Labute approximate surface area is 265 Å². The van der Waals surface area contributed by atoms with Crippen molar-refractivity contribution in [3.05, 3.63) is 60.6 Å². The minimum Gasteiger partial charge on any atom is -0.451 e. The number of ether oxygens (including phenoxy) is 2. The van der Waals surface area contributed by atoms with Crippen LogP contribution in [0.25, 0.3) is 11.1 Å². The first-order valence-corrected chi connectivity index (χ1v) is 16.4. The lowest BCUT2D eigenvalue weighted by atomic mass is 9.84. The van der Waals surface area contributed by atoms with E-state index in [-0.39, 0.29) is 18.0 Å².